The lowest BCUT2D eigenvalue weighted by Crippen LogP contribution is -2.48. The van der Waals surface area contributed by atoms with Crippen LogP contribution >= 0.6 is 0 Å². The zero-order chi connectivity index (χ0) is 47.5. The number of nitrogens with zero attached hydrogens (tertiary/aromatic N) is 3. The molecule has 0 atom stereocenters. The second kappa shape index (κ2) is 16.1. The summed E-state index contributed by atoms with van der Waals surface area (Å²) in [5.41, 5.74) is 27.7. The normalized spacial score (nSPS) is 11.8. The van der Waals surface area contributed by atoms with E-state index in [2.05, 4.69) is 263 Å². The third-order valence-electron chi connectivity index (χ3n) is 16.0. The Bertz CT molecular complexity index is 4230. The van der Waals surface area contributed by atoms with Crippen LogP contribution in [0.25, 0.3) is 116 Å². The summed E-state index contributed by atoms with van der Waals surface area (Å²) in [5, 5.41) is 7.74. The summed E-state index contributed by atoms with van der Waals surface area (Å²) in [4.78, 5) is 0. The molecule has 3 aromatic heterocycles. The van der Waals surface area contributed by atoms with Crippen LogP contribution in [-0.2, 0) is 0 Å². The van der Waals surface area contributed by atoms with Crippen molar-refractivity contribution in [1.29, 1.82) is 0 Å². The maximum Gasteiger partial charge on any atom is 0.141 e. The summed E-state index contributed by atoms with van der Waals surface area (Å²) in [5.74, 6) is 0. The van der Waals surface area contributed by atoms with Crippen molar-refractivity contribution >= 4 is 159 Å². The molecule has 0 aliphatic carbocycles. The second-order valence-corrected chi connectivity index (χ2v) is 19.5. The predicted molar refractivity (Wildman–Crippen MR) is 323 cm³/mol. The van der Waals surface area contributed by atoms with Crippen molar-refractivity contribution < 1.29 is 0 Å². The van der Waals surface area contributed by atoms with Gasteiger partial charge < -0.3 is 13.7 Å². The molecular formula is C60H46B7N3. The summed E-state index contributed by atoms with van der Waals surface area (Å²) in [6, 6.07) is 71.5. The zero-order valence-corrected chi connectivity index (χ0v) is 40.8. The number of fused-ring (bicyclic) bond motifs is 9. The minimum atomic E-state index is 1.15. The summed E-state index contributed by atoms with van der Waals surface area (Å²) in [6.07, 6.45) is 0. The molecule has 0 unspecified atom stereocenters. The maximum atomic E-state index is 2.58. The highest BCUT2D eigenvalue weighted by atomic mass is 15.0. The van der Waals surface area contributed by atoms with E-state index in [4.69, 9.17) is 0 Å². The minimum absolute atomic E-state index is 1.15. The first-order valence-electron chi connectivity index (χ1n) is 24.6. The van der Waals surface area contributed by atoms with Gasteiger partial charge in [0.25, 0.3) is 0 Å². The molecular weight excluding hydrogens is 838 g/mol. The molecule has 0 amide bonds. The molecule has 0 saturated carbocycles. The Labute approximate surface area is 414 Å². The molecule has 322 valence electrons. The third-order valence-corrected chi connectivity index (χ3v) is 16.0. The maximum absolute atomic E-state index is 2.58. The van der Waals surface area contributed by atoms with Crippen molar-refractivity contribution in [3.05, 3.63) is 194 Å². The fraction of sp³-hybridized carbons (Fsp3) is 0. The van der Waals surface area contributed by atoms with Crippen LogP contribution in [0.1, 0.15) is 0 Å². The van der Waals surface area contributed by atoms with Crippen molar-refractivity contribution in [2.24, 2.45) is 0 Å². The van der Waals surface area contributed by atoms with Gasteiger partial charge >= 0.3 is 0 Å². The van der Waals surface area contributed by atoms with E-state index in [0.717, 1.165) is 11.4 Å². The van der Waals surface area contributed by atoms with Crippen LogP contribution in [0.5, 0.6) is 0 Å². The van der Waals surface area contributed by atoms with Gasteiger partial charge in [0.1, 0.15) is 54.9 Å². The lowest BCUT2D eigenvalue weighted by Gasteiger charge is -2.19. The molecule has 10 aromatic carbocycles. The van der Waals surface area contributed by atoms with Gasteiger partial charge in [-0.1, -0.05) is 154 Å². The molecule has 0 spiro atoms. The SMILES string of the molecule is Bc1c(B)c(B)c2c(c1B)c1c(B)c(-c3ccc4c(c3)c3cc(-c5ccccc5)ccc3n4-c3ccc(-c4ccccc4)cc3)c(B)c(B)c1n2-c1ccc(-n2c3ccccc3c3ccccc32)cc1. The quantitative estimate of drug-likeness (QED) is 0.226. The van der Waals surface area contributed by atoms with Crippen LogP contribution < -0.4 is 38.2 Å². The van der Waals surface area contributed by atoms with Gasteiger partial charge in [-0.05, 0) is 112 Å². The fourth-order valence-electron chi connectivity index (χ4n) is 12.1. The lowest BCUT2D eigenvalue weighted by molar-refractivity contribution is 1.15. The molecule has 10 heteroatoms. The molecule has 70 heavy (non-hydrogen) atoms. The Morgan fingerprint density at radius 3 is 1.17 bits per heavy atom. The number of hydrogen-bond acceptors (Lipinski definition) is 0. The van der Waals surface area contributed by atoms with E-state index in [1.165, 1.54) is 143 Å². The molecule has 0 aliphatic heterocycles. The third kappa shape index (κ3) is 6.18. The van der Waals surface area contributed by atoms with E-state index in [9.17, 15) is 0 Å². The first-order valence-corrected chi connectivity index (χ1v) is 24.6. The molecule has 3 heterocycles. The smallest absolute Gasteiger partial charge is 0.141 e. The Morgan fingerprint density at radius 2 is 0.614 bits per heavy atom. The van der Waals surface area contributed by atoms with Gasteiger partial charge in [0.2, 0.25) is 0 Å². The largest absolute Gasteiger partial charge is 0.310 e. The molecule has 0 radical (unpaired) electrons. The van der Waals surface area contributed by atoms with E-state index in [1.54, 1.807) is 0 Å². The lowest BCUT2D eigenvalue weighted by atomic mass is 9.64. The van der Waals surface area contributed by atoms with Crippen LogP contribution in [0.15, 0.2) is 194 Å². The van der Waals surface area contributed by atoms with Gasteiger partial charge in [0.05, 0.1) is 22.1 Å². The fourth-order valence-corrected chi connectivity index (χ4v) is 12.1. The van der Waals surface area contributed by atoms with Crippen molar-refractivity contribution in [3.8, 4) is 50.4 Å². The first-order chi connectivity index (χ1) is 34.2. The Morgan fingerprint density at radius 1 is 0.243 bits per heavy atom. The highest BCUT2D eigenvalue weighted by molar-refractivity contribution is 6.69. The Hall–Kier alpha value is -7.95. The molecule has 0 fully saturated rings. The van der Waals surface area contributed by atoms with E-state index in [0.29, 0.717) is 0 Å². The van der Waals surface area contributed by atoms with E-state index in [1.807, 2.05) is 0 Å². The number of rotatable bonds is 6. The van der Waals surface area contributed by atoms with Crippen molar-refractivity contribution in [2.75, 3.05) is 0 Å². The molecule has 13 rings (SSSR count). The average molecular weight is 885 g/mol. The van der Waals surface area contributed by atoms with Gasteiger partial charge in [-0.25, -0.2) is 0 Å². The molecule has 0 bridgehead atoms. The van der Waals surface area contributed by atoms with Crippen molar-refractivity contribution in [2.45, 2.75) is 0 Å². The van der Waals surface area contributed by atoms with Crippen molar-refractivity contribution in [1.82, 2.24) is 13.7 Å². The number of aromatic nitrogens is 3. The van der Waals surface area contributed by atoms with Crippen LogP contribution in [-0.4, -0.2) is 68.6 Å². The predicted octanol–water partition coefficient (Wildman–Crippen LogP) is 3.79. The highest BCUT2D eigenvalue weighted by Gasteiger charge is 2.26. The summed E-state index contributed by atoms with van der Waals surface area (Å²) < 4.78 is 7.44. The highest BCUT2D eigenvalue weighted by Crippen LogP contribution is 2.39. The summed E-state index contributed by atoms with van der Waals surface area (Å²) in [7, 11) is 16.3. The number of benzene rings is 10. The molecule has 13 aromatic rings. The van der Waals surface area contributed by atoms with Crippen LogP contribution in [0.3, 0.4) is 0 Å². The van der Waals surface area contributed by atoms with Crippen molar-refractivity contribution in [3.63, 3.8) is 0 Å². The Balaban J connectivity index is 1.03. The van der Waals surface area contributed by atoms with Gasteiger partial charge in [-0.2, -0.15) is 0 Å². The van der Waals surface area contributed by atoms with Crippen LogP contribution in [0.2, 0.25) is 0 Å². The molecule has 0 N–H and O–H groups in total. The number of para-hydroxylation sites is 2. The summed E-state index contributed by atoms with van der Waals surface area (Å²) in [6.45, 7) is 0. The zero-order valence-electron chi connectivity index (χ0n) is 40.8. The molecule has 0 aliphatic rings. The first kappa shape index (κ1) is 42.2. The van der Waals surface area contributed by atoms with Gasteiger partial charge in [0.15, 0.2) is 0 Å². The number of hydrogen-bond donors (Lipinski definition) is 0. The van der Waals surface area contributed by atoms with Gasteiger partial charge in [0, 0.05) is 55.0 Å². The van der Waals surface area contributed by atoms with E-state index in [-0.39, 0.29) is 0 Å². The Kier molecular flexibility index (Phi) is 9.68. The topological polar surface area (TPSA) is 14.8 Å². The van der Waals surface area contributed by atoms with Gasteiger partial charge in [-0.3, -0.25) is 0 Å². The van der Waals surface area contributed by atoms with E-state index >= 15 is 0 Å². The van der Waals surface area contributed by atoms with Gasteiger partial charge in [-0.15, -0.1) is 5.46 Å². The monoisotopic (exact) mass is 885 g/mol. The minimum Gasteiger partial charge on any atom is -0.310 e. The second-order valence-electron chi connectivity index (χ2n) is 19.5. The standard InChI is InChI=1S/C60H46B7N3/c61-52-49(37-22-30-48-44(32-37)43-31-36(34-13-5-2-6-14-34)21-29-47(43)69(48)38-23-19-35(20-24-38)33-11-3-1-4-12-33)53(62)57(66)59-50(52)51-54(63)55(64)56(65)58(67)60(51)70(59)40-27-25-39(26-28-40)68-45-17-9-7-15-41(45)42-16-8-10-18-46(42)68/h1-32H,61-67H2. The van der Waals surface area contributed by atoms with E-state index < -0.39 is 0 Å². The average Bonchev–Trinajstić information content (AvgIpc) is 4.06. The van der Waals surface area contributed by atoms with Crippen LogP contribution in [0, 0.1) is 0 Å². The summed E-state index contributed by atoms with van der Waals surface area (Å²) >= 11 is 0. The molecule has 0 saturated heterocycles. The van der Waals surface area contributed by atoms with Crippen LogP contribution in [0.4, 0.5) is 0 Å². The molecule has 3 nitrogen and oxygen atoms in total.